The first-order valence-corrected chi connectivity index (χ1v) is 5.57. The standard InChI is InChI=1S/C13H15ClO3/c1-8(4-12(15)16)7-17-11-5-9(2)13(14)10(3)6-11/h4-6H,7H2,1-3H3,(H,15,16). The summed E-state index contributed by atoms with van der Waals surface area (Å²) in [4.78, 5) is 10.4. The first-order valence-electron chi connectivity index (χ1n) is 5.20. The summed E-state index contributed by atoms with van der Waals surface area (Å²) in [5.74, 6) is -0.267. The number of carboxylic acid groups (broad SMARTS) is 1. The van der Waals surface area contributed by atoms with Gasteiger partial charge in [0.1, 0.15) is 12.4 Å². The molecule has 3 nitrogen and oxygen atoms in total. The molecule has 0 saturated carbocycles. The average Bonchev–Trinajstić information content (AvgIpc) is 2.22. The second kappa shape index (κ2) is 5.73. The summed E-state index contributed by atoms with van der Waals surface area (Å²) < 4.78 is 5.50. The van der Waals surface area contributed by atoms with E-state index in [1.807, 2.05) is 26.0 Å². The molecule has 0 amide bonds. The molecule has 0 radical (unpaired) electrons. The van der Waals surface area contributed by atoms with E-state index in [1.165, 1.54) is 0 Å². The van der Waals surface area contributed by atoms with E-state index in [0.717, 1.165) is 22.2 Å². The van der Waals surface area contributed by atoms with Crippen molar-refractivity contribution in [2.75, 3.05) is 6.61 Å². The van der Waals surface area contributed by atoms with E-state index in [1.54, 1.807) is 6.92 Å². The number of benzene rings is 1. The van der Waals surface area contributed by atoms with E-state index < -0.39 is 5.97 Å². The Balaban J connectivity index is 2.74. The molecule has 4 heteroatoms. The number of rotatable bonds is 4. The Kier molecular flexibility index (Phi) is 4.58. The summed E-state index contributed by atoms with van der Waals surface area (Å²) in [6, 6.07) is 3.67. The van der Waals surface area contributed by atoms with Gasteiger partial charge < -0.3 is 9.84 Å². The highest BCUT2D eigenvalue weighted by molar-refractivity contribution is 6.32. The maximum absolute atomic E-state index is 10.4. The third-order valence-corrected chi connectivity index (χ3v) is 2.84. The molecule has 1 N–H and O–H groups in total. The lowest BCUT2D eigenvalue weighted by atomic mass is 10.1. The Labute approximate surface area is 106 Å². The summed E-state index contributed by atoms with van der Waals surface area (Å²) in [6.07, 6.45) is 1.13. The van der Waals surface area contributed by atoms with Crippen LogP contribution in [0.15, 0.2) is 23.8 Å². The van der Waals surface area contributed by atoms with Crippen LogP contribution in [0.4, 0.5) is 0 Å². The molecule has 0 atom stereocenters. The van der Waals surface area contributed by atoms with Crippen LogP contribution in [0.2, 0.25) is 5.02 Å². The molecule has 0 aliphatic heterocycles. The molecule has 0 saturated heterocycles. The zero-order valence-corrected chi connectivity index (χ0v) is 10.8. The van der Waals surface area contributed by atoms with E-state index in [0.29, 0.717) is 11.3 Å². The summed E-state index contributed by atoms with van der Waals surface area (Å²) in [6.45, 7) is 5.78. The number of carboxylic acids is 1. The molecule has 1 aromatic carbocycles. The minimum atomic E-state index is -0.963. The maximum atomic E-state index is 10.4. The van der Waals surface area contributed by atoms with Crippen LogP contribution in [-0.4, -0.2) is 17.7 Å². The van der Waals surface area contributed by atoms with Gasteiger partial charge in [0.15, 0.2) is 0 Å². The fourth-order valence-electron chi connectivity index (χ4n) is 1.44. The molecule has 0 bridgehead atoms. The monoisotopic (exact) mass is 254 g/mol. The quantitative estimate of drug-likeness (QED) is 0.838. The summed E-state index contributed by atoms with van der Waals surface area (Å²) in [5.41, 5.74) is 2.55. The van der Waals surface area contributed by atoms with Crippen LogP contribution in [0.5, 0.6) is 5.75 Å². The first kappa shape index (κ1) is 13.6. The minimum absolute atomic E-state index is 0.257. The summed E-state index contributed by atoms with van der Waals surface area (Å²) in [5, 5.41) is 9.29. The van der Waals surface area contributed by atoms with E-state index in [2.05, 4.69) is 0 Å². The van der Waals surface area contributed by atoms with Crippen LogP contribution in [0.25, 0.3) is 0 Å². The van der Waals surface area contributed by atoms with Crippen molar-refractivity contribution < 1.29 is 14.6 Å². The number of aliphatic carboxylic acids is 1. The van der Waals surface area contributed by atoms with Gasteiger partial charge in [-0.1, -0.05) is 11.6 Å². The molecule has 0 aliphatic carbocycles. The van der Waals surface area contributed by atoms with Crippen molar-refractivity contribution in [3.05, 3.63) is 39.9 Å². The van der Waals surface area contributed by atoms with Gasteiger partial charge in [-0.2, -0.15) is 0 Å². The van der Waals surface area contributed by atoms with Crippen LogP contribution < -0.4 is 4.74 Å². The average molecular weight is 255 g/mol. The number of aryl methyl sites for hydroxylation is 2. The van der Waals surface area contributed by atoms with Gasteiger partial charge in [0.05, 0.1) is 0 Å². The number of hydrogen-bond donors (Lipinski definition) is 1. The Hall–Kier alpha value is -1.48. The normalized spacial score (nSPS) is 11.4. The second-order valence-corrected chi connectivity index (χ2v) is 4.37. The zero-order valence-electron chi connectivity index (χ0n) is 10.1. The fourth-order valence-corrected chi connectivity index (χ4v) is 1.55. The Morgan fingerprint density at radius 1 is 1.41 bits per heavy atom. The van der Waals surface area contributed by atoms with Crippen molar-refractivity contribution in [3.63, 3.8) is 0 Å². The van der Waals surface area contributed by atoms with Crippen LogP contribution in [0, 0.1) is 13.8 Å². The van der Waals surface area contributed by atoms with Crippen molar-refractivity contribution in [1.29, 1.82) is 0 Å². The lowest BCUT2D eigenvalue weighted by Crippen LogP contribution is -2.02. The van der Waals surface area contributed by atoms with Gasteiger partial charge in [-0.05, 0) is 49.6 Å². The van der Waals surface area contributed by atoms with E-state index in [9.17, 15) is 4.79 Å². The molecule has 92 valence electrons. The van der Waals surface area contributed by atoms with Gasteiger partial charge in [0.2, 0.25) is 0 Å². The van der Waals surface area contributed by atoms with Crippen LogP contribution in [-0.2, 0) is 4.79 Å². The lowest BCUT2D eigenvalue weighted by Gasteiger charge is -2.09. The van der Waals surface area contributed by atoms with Crippen molar-refractivity contribution in [1.82, 2.24) is 0 Å². The molecule has 0 aliphatic rings. The van der Waals surface area contributed by atoms with Crippen LogP contribution >= 0.6 is 11.6 Å². The third-order valence-electron chi connectivity index (χ3n) is 2.25. The van der Waals surface area contributed by atoms with Gasteiger partial charge >= 0.3 is 5.97 Å². The second-order valence-electron chi connectivity index (χ2n) is 3.99. The van der Waals surface area contributed by atoms with Crippen molar-refractivity contribution in [2.45, 2.75) is 20.8 Å². The molecule has 0 unspecified atom stereocenters. The number of hydrogen-bond acceptors (Lipinski definition) is 2. The molecule has 17 heavy (non-hydrogen) atoms. The van der Waals surface area contributed by atoms with Crippen molar-refractivity contribution in [3.8, 4) is 5.75 Å². The Bertz CT molecular complexity index is 441. The summed E-state index contributed by atoms with van der Waals surface area (Å²) in [7, 11) is 0. The van der Waals surface area contributed by atoms with Gasteiger partial charge in [0, 0.05) is 11.1 Å². The molecule has 1 aromatic rings. The number of carbonyl (C=O) groups is 1. The maximum Gasteiger partial charge on any atom is 0.328 e. The van der Waals surface area contributed by atoms with Crippen LogP contribution in [0.3, 0.4) is 0 Å². The number of ether oxygens (including phenoxy) is 1. The first-order chi connectivity index (χ1) is 7.90. The smallest absolute Gasteiger partial charge is 0.328 e. The van der Waals surface area contributed by atoms with Gasteiger partial charge in [-0.25, -0.2) is 4.79 Å². The molecule has 0 heterocycles. The zero-order chi connectivity index (χ0) is 13.0. The lowest BCUT2D eigenvalue weighted by molar-refractivity contribution is -0.131. The Morgan fingerprint density at radius 3 is 2.41 bits per heavy atom. The highest BCUT2D eigenvalue weighted by Crippen LogP contribution is 2.25. The molecular formula is C13H15ClO3. The topological polar surface area (TPSA) is 46.5 Å². The van der Waals surface area contributed by atoms with E-state index >= 15 is 0 Å². The molecule has 0 spiro atoms. The van der Waals surface area contributed by atoms with E-state index in [4.69, 9.17) is 21.4 Å². The predicted octanol–water partition coefficient (Wildman–Crippen LogP) is 3.37. The van der Waals surface area contributed by atoms with Gasteiger partial charge in [-0.3, -0.25) is 0 Å². The van der Waals surface area contributed by atoms with Gasteiger partial charge in [0.25, 0.3) is 0 Å². The van der Waals surface area contributed by atoms with E-state index in [-0.39, 0.29) is 6.61 Å². The highest BCUT2D eigenvalue weighted by Gasteiger charge is 2.04. The van der Waals surface area contributed by atoms with Gasteiger partial charge in [-0.15, -0.1) is 0 Å². The Morgan fingerprint density at radius 2 is 1.94 bits per heavy atom. The summed E-state index contributed by atoms with van der Waals surface area (Å²) >= 11 is 6.04. The van der Waals surface area contributed by atoms with Crippen molar-refractivity contribution >= 4 is 17.6 Å². The van der Waals surface area contributed by atoms with Crippen LogP contribution in [0.1, 0.15) is 18.1 Å². The molecular weight excluding hydrogens is 240 g/mol. The third kappa shape index (κ3) is 4.11. The highest BCUT2D eigenvalue weighted by atomic mass is 35.5. The van der Waals surface area contributed by atoms with Crippen molar-refractivity contribution in [2.24, 2.45) is 0 Å². The molecule has 0 aromatic heterocycles. The largest absolute Gasteiger partial charge is 0.489 e. The minimum Gasteiger partial charge on any atom is -0.489 e. The fraction of sp³-hybridized carbons (Fsp3) is 0.308. The predicted molar refractivity (Wildman–Crippen MR) is 67.8 cm³/mol. The molecule has 1 rings (SSSR count). The SMILES string of the molecule is CC(=CC(=O)O)COc1cc(C)c(Cl)c(C)c1. The molecule has 0 fully saturated rings. The number of halogens is 1.